The van der Waals surface area contributed by atoms with E-state index in [1.807, 2.05) is 6.07 Å². The molecule has 1 amide bonds. The number of ether oxygens (including phenoxy) is 1. The molecular weight excluding hydrogens is 517 g/mol. The maximum absolute atomic E-state index is 13.8. The Morgan fingerprint density at radius 3 is 2.51 bits per heavy atom. The number of rotatable bonds is 11. The highest BCUT2D eigenvalue weighted by atomic mass is 32.2. The van der Waals surface area contributed by atoms with E-state index >= 15 is 0 Å². The van der Waals surface area contributed by atoms with Crippen LogP contribution >= 0.6 is 0 Å². The lowest BCUT2D eigenvalue weighted by atomic mass is 9.75. The number of piperidine rings is 1. The summed E-state index contributed by atoms with van der Waals surface area (Å²) in [5.41, 5.74) is 1.04. The maximum Gasteiger partial charge on any atom is 0.246 e. The number of carbonyl (C=O) groups is 1. The van der Waals surface area contributed by atoms with Crippen molar-refractivity contribution in [3.05, 3.63) is 66.0 Å². The van der Waals surface area contributed by atoms with Gasteiger partial charge in [-0.15, -0.1) is 0 Å². The van der Waals surface area contributed by atoms with Crippen molar-refractivity contribution in [2.75, 3.05) is 40.3 Å². The van der Waals surface area contributed by atoms with Gasteiger partial charge in [0.2, 0.25) is 15.9 Å². The maximum atomic E-state index is 13.8. The van der Waals surface area contributed by atoms with Crippen LogP contribution in [0.1, 0.15) is 56.6 Å². The monoisotopic (exact) mass is 559 g/mol. The zero-order chi connectivity index (χ0) is 27.8. The summed E-state index contributed by atoms with van der Waals surface area (Å²) in [7, 11) is 0.565. The highest BCUT2D eigenvalue weighted by Crippen LogP contribution is 2.40. The highest BCUT2D eigenvalue weighted by Gasteiger charge is 2.32. The van der Waals surface area contributed by atoms with Crippen molar-refractivity contribution in [1.29, 1.82) is 0 Å². The molecule has 1 N–H and O–H groups in total. The number of carbonyl (C=O) groups excluding carboxylic acids is 1. The van der Waals surface area contributed by atoms with Gasteiger partial charge < -0.3 is 15.0 Å². The normalized spacial score (nSPS) is 23.4. The predicted octanol–water partition coefficient (Wildman–Crippen LogP) is 4.61. The van der Waals surface area contributed by atoms with Crippen molar-refractivity contribution in [2.45, 2.75) is 62.0 Å². The van der Waals surface area contributed by atoms with Crippen LogP contribution in [0.5, 0.6) is 0 Å². The standard InChI is InChI=1S/C30H42FN3O4S/c1-33(2)30(25-8-6-9-26(31)20-25)24-15-13-23(14-16-24)17-18-32-29(35)22-38-27-10-7-19-34(21-27)39(36,37)28-11-4-3-5-12-28/h3-6,8-9,11-12,20,23-24,27,30H,7,10,13-19,21-22H2,1-2H3,(H,32,35). The smallest absolute Gasteiger partial charge is 0.246 e. The third-order valence-electron chi connectivity index (χ3n) is 8.13. The van der Waals surface area contributed by atoms with Crippen molar-refractivity contribution >= 4 is 15.9 Å². The third-order valence-corrected chi connectivity index (χ3v) is 10.0. The Bertz CT molecular complexity index is 1170. The summed E-state index contributed by atoms with van der Waals surface area (Å²) in [5.74, 6) is 0.700. The number of amides is 1. The van der Waals surface area contributed by atoms with Gasteiger partial charge in [0.05, 0.1) is 11.0 Å². The van der Waals surface area contributed by atoms with E-state index in [1.54, 1.807) is 42.5 Å². The second-order valence-corrected chi connectivity index (χ2v) is 13.1. The van der Waals surface area contributed by atoms with Crippen LogP contribution in [-0.4, -0.2) is 70.0 Å². The fourth-order valence-electron chi connectivity index (χ4n) is 6.14. The molecule has 39 heavy (non-hydrogen) atoms. The molecule has 2 aromatic rings. The minimum absolute atomic E-state index is 0.0607. The molecule has 2 atom stereocenters. The predicted molar refractivity (Wildman–Crippen MR) is 150 cm³/mol. The Balaban J connectivity index is 1.16. The Morgan fingerprint density at radius 1 is 1.08 bits per heavy atom. The number of benzene rings is 2. The summed E-state index contributed by atoms with van der Waals surface area (Å²) in [6, 6.07) is 15.6. The largest absolute Gasteiger partial charge is 0.367 e. The number of nitrogens with one attached hydrogen (secondary N) is 1. The minimum atomic E-state index is -3.56. The summed E-state index contributed by atoms with van der Waals surface area (Å²) in [6.07, 6.45) is 6.46. The molecule has 0 radical (unpaired) electrons. The SMILES string of the molecule is CN(C)C(c1cccc(F)c1)C1CCC(CCNC(=O)COC2CCCN(S(=O)(=O)c3ccccc3)C2)CC1. The molecule has 9 heteroatoms. The van der Waals surface area contributed by atoms with Gasteiger partial charge in [-0.2, -0.15) is 4.31 Å². The topological polar surface area (TPSA) is 79.0 Å². The molecule has 7 nitrogen and oxygen atoms in total. The molecule has 0 spiro atoms. The van der Waals surface area contributed by atoms with Crippen LogP contribution in [0.2, 0.25) is 0 Å². The summed E-state index contributed by atoms with van der Waals surface area (Å²) >= 11 is 0. The van der Waals surface area contributed by atoms with Gasteiger partial charge in [-0.05, 0) is 87.9 Å². The van der Waals surface area contributed by atoms with Gasteiger partial charge in [0.15, 0.2) is 0 Å². The first-order valence-electron chi connectivity index (χ1n) is 14.1. The van der Waals surface area contributed by atoms with Crippen molar-refractivity contribution in [3.8, 4) is 0 Å². The van der Waals surface area contributed by atoms with Gasteiger partial charge in [-0.25, -0.2) is 12.8 Å². The van der Waals surface area contributed by atoms with Crippen LogP contribution in [-0.2, 0) is 19.6 Å². The fourth-order valence-corrected chi connectivity index (χ4v) is 7.67. The van der Waals surface area contributed by atoms with E-state index in [0.29, 0.717) is 31.3 Å². The molecule has 2 unspecified atom stereocenters. The molecule has 4 rings (SSSR count). The van der Waals surface area contributed by atoms with Gasteiger partial charge in [-0.1, -0.05) is 43.2 Å². The minimum Gasteiger partial charge on any atom is -0.367 e. The van der Waals surface area contributed by atoms with Crippen LogP contribution in [0.4, 0.5) is 4.39 Å². The quantitative estimate of drug-likeness (QED) is 0.435. The number of sulfonamides is 1. The molecule has 0 aromatic heterocycles. The van der Waals surface area contributed by atoms with Crippen LogP contribution < -0.4 is 5.32 Å². The number of nitrogens with zero attached hydrogens (tertiary/aromatic N) is 2. The summed E-state index contributed by atoms with van der Waals surface area (Å²) in [6.45, 7) is 1.27. The Kier molecular flexibility index (Phi) is 10.5. The first-order valence-corrected chi connectivity index (χ1v) is 15.5. The lowest BCUT2D eigenvalue weighted by Crippen LogP contribution is -2.44. The van der Waals surface area contributed by atoms with E-state index < -0.39 is 10.0 Å². The molecule has 2 aliphatic rings. The van der Waals surface area contributed by atoms with Gasteiger partial charge in [0.25, 0.3) is 0 Å². The second kappa shape index (κ2) is 13.8. The molecule has 1 aliphatic carbocycles. The van der Waals surface area contributed by atoms with E-state index in [2.05, 4.69) is 24.3 Å². The molecular formula is C30H42FN3O4S. The summed E-state index contributed by atoms with van der Waals surface area (Å²) in [4.78, 5) is 14.9. The number of hydrogen-bond acceptors (Lipinski definition) is 5. The van der Waals surface area contributed by atoms with Crippen molar-refractivity contribution < 1.29 is 22.3 Å². The van der Waals surface area contributed by atoms with E-state index in [4.69, 9.17) is 4.74 Å². The molecule has 1 aliphatic heterocycles. The zero-order valence-corrected chi connectivity index (χ0v) is 23.9. The van der Waals surface area contributed by atoms with Crippen LogP contribution in [0, 0.1) is 17.7 Å². The Morgan fingerprint density at radius 2 is 1.82 bits per heavy atom. The first-order chi connectivity index (χ1) is 18.7. The van der Waals surface area contributed by atoms with E-state index in [0.717, 1.165) is 44.1 Å². The van der Waals surface area contributed by atoms with Crippen molar-refractivity contribution in [1.82, 2.24) is 14.5 Å². The lowest BCUT2D eigenvalue weighted by molar-refractivity contribution is -0.128. The molecule has 2 fully saturated rings. The van der Waals surface area contributed by atoms with Gasteiger partial charge in [0, 0.05) is 25.7 Å². The first kappa shape index (κ1) is 29.6. The molecule has 1 saturated heterocycles. The van der Waals surface area contributed by atoms with Gasteiger partial charge >= 0.3 is 0 Å². The second-order valence-electron chi connectivity index (χ2n) is 11.1. The molecule has 2 aromatic carbocycles. The Labute approximate surface area is 232 Å². The van der Waals surface area contributed by atoms with E-state index in [1.165, 1.54) is 10.4 Å². The van der Waals surface area contributed by atoms with Crippen molar-refractivity contribution in [3.63, 3.8) is 0 Å². The zero-order valence-electron chi connectivity index (χ0n) is 23.1. The lowest BCUT2D eigenvalue weighted by Gasteiger charge is -2.37. The average molecular weight is 560 g/mol. The molecule has 1 heterocycles. The van der Waals surface area contributed by atoms with E-state index in [-0.39, 0.29) is 41.9 Å². The number of hydrogen-bond donors (Lipinski definition) is 1. The van der Waals surface area contributed by atoms with Crippen LogP contribution in [0.25, 0.3) is 0 Å². The number of halogens is 1. The molecule has 1 saturated carbocycles. The highest BCUT2D eigenvalue weighted by molar-refractivity contribution is 7.89. The summed E-state index contributed by atoms with van der Waals surface area (Å²) < 4.78 is 46.9. The fraction of sp³-hybridized carbons (Fsp3) is 0.567. The van der Waals surface area contributed by atoms with Crippen LogP contribution in [0.3, 0.4) is 0 Å². The average Bonchev–Trinajstić information content (AvgIpc) is 2.93. The van der Waals surface area contributed by atoms with Gasteiger partial charge in [0.1, 0.15) is 12.4 Å². The van der Waals surface area contributed by atoms with Crippen molar-refractivity contribution in [2.24, 2.45) is 11.8 Å². The molecule has 0 bridgehead atoms. The molecule has 214 valence electrons. The third kappa shape index (κ3) is 8.10. The Hall–Kier alpha value is -2.33. The van der Waals surface area contributed by atoms with E-state index in [9.17, 15) is 17.6 Å². The van der Waals surface area contributed by atoms with Crippen LogP contribution in [0.15, 0.2) is 59.5 Å². The van der Waals surface area contributed by atoms with Gasteiger partial charge in [-0.3, -0.25) is 4.79 Å². The summed E-state index contributed by atoms with van der Waals surface area (Å²) in [5, 5.41) is 2.98.